The molecule has 2 aliphatic rings. The van der Waals surface area contributed by atoms with Gasteiger partial charge in [0, 0.05) is 32.5 Å². The van der Waals surface area contributed by atoms with Crippen LogP contribution < -0.4 is 0 Å². The molecule has 1 aromatic rings. The lowest BCUT2D eigenvalue weighted by molar-refractivity contribution is 0.0489. The summed E-state index contributed by atoms with van der Waals surface area (Å²) in [7, 11) is 1.63. The van der Waals surface area contributed by atoms with Crippen molar-refractivity contribution in [3.63, 3.8) is 0 Å². The molecule has 1 unspecified atom stereocenters. The van der Waals surface area contributed by atoms with Crippen LogP contribution >= 0.6 is 0 Å². The van der Waals surface area contributed by atoms with Crippen molar-refractivity contribution in [3.05, 3.63) is 17.5 Å². The Hall–Kier alpha value is -2.09. The smallest absolute Gasteiger partial charge is 0.410 e. The van der Waals surface area contributed by atoms with E-state index in [2.05, 4.69) is 5.10 Å². The van der Waals surface area contributed by atoms with Gasteiger partial charge in [0.15, 0.2) is 0 Å². The Bertz CT molecular complexity index is 586. The maximum atomic E-state index is 12.1. The third kappa shape index (κ3) is 3.47. The van der Waals surface area contributed by atoms with Crippen LogP contribution in [0, 0.1) is 0 Å². The van der Waals surface area contributed by atoms with Crippen molar-refractivity contribution in [2.24, 2.45) is 7.05 Å². The van der Waals surface area contributed by atoms with Crippen LogP contribution in [0.1, 0.15) is 41.4 Å². The highest BCUT2D eigenvalue weighted by molar-refractivity contribution is 5.85. The Morgan fingerprint density at radius 2 is 2.09 bits per heavy atom. The van der Waals surface area contributed by atoms with Gasteiger partial charge in [-0.2, -0.15) is 5.10 Å². The summed E-state index contributed by atoms with van der Waals surface area (Å²) in [5, 5.41) is 13.4. The van der Waals surface area contributed by atoms with Crippen LogP contribution in [0.3, 0.4) is 0 Å². The number of ether oxygens (including phenoxy) is 2. The summed E-state index contributed by atoms with van der Waals surface area (Å²) in [6, 6.07) is 1.62. The van der Waals surface area contributed by atoms with Gasteiger partial charge in [-0.1, -0.05) is 0 Å². The fourth-order valence-corrected chi connectivity index (χ4v) is 3.07. The predicted molar refractivity (Wildman–Crippen MR) is 79.4 cm³/mol. The molecule has 0 aromatic carbocycles. The molecule has 1 atom stereocenters. The Morgan fingerprint density at radius 3 is 2.65 bits per heavy atom. The number of aromatic nitrogens is 2. The first-order chi connectivity index (χ1) is 11.0. The number of aromatic carboxylic acids is 1. The fraction of sp³-hybridized carbons (Fsp3) is 0.667. The highest BCUT2D eigenvalue weighted by Gasteiger charge is 2.29. The first-order valence-corrected chi connectivity index (χ1v) is 7.85. The predicted octanol–water partition coefficient (Wildman–Crippen LogP) is 1.22. The number of carboxylic acid groups (broad SMARTS) is 1. The summed E-state index contributed by atoms with van der Waals surface area (Å²) in [4.78, 5) is 24.9. The number of aryl methyl sites for hydroxylation is 1. The zero-order valence-electron chi connectivity index (χ0n) is 13.1. The summed E-state index contributed by atoms with van der Waals surface area (Å²) < 4.78 is 12.0. The van der Waals surface area contributed by atoms with Crippen molar-refractivity contribution >= 4 is 12.1 Å². The van der Waals surface area contributed by atoms with Gasteiger partial charge < -0.3 is 19.5 Å². The monoisotopic (exact) mass is 323 g/mol. The molecule has 0 aliphatic carbocycles. The van der Waals surface area contributed by atoms with E-state index in [1.54, 1.807) is 18.0 Å². The quantitative estimate of drug-likeness (QED) is 0.899. The second-order valence-corrected chi connectivity index (χ2v) is 6.01. The summed E-state index contributed by atoms with van der Waals surface area (Å²) in [6.07, 6.45) is 1.85. The van der Waals surface area contributed by atoms with Crippen molar-refractivity contribution in [2.45, 2.75) is 31.3 Å². The molecule has 2 saturated heterocycles. The van der Waals surface area contributed by atoms with Crippen molar-refractivity contribution in [1.82, 2.24) is 14.7 Å². The number of amides is 1. The van der Waals surface area contributed by atoms with Crippen LogP contribution in [0.25, 0.3) is 0 Å². The Kier molecular flexibility index (Phi) is 4.51. The van der Waals surface area contributed by atoms with Gasteiger partial charge in [0.2, 0.25) is 0 Å². The SMILES string of the molecule is Cn1nc(C2CCN(C(=O)OC3CCOC3)CC2)cc1C(=O)O. The van der Waals surface area contributed by atoms with E-state index in [1.807, 2.05) is 0 Å². The molecule has 2 aliphatic heterocycles. The molecular weight excluding hydrogens is 302 g/mol. The first kappa shape index (κ1) is 15.8. The maximum Gasteiger partial charge on any atom is 0.410 e. The van der Waals surface area contributed by atoms with Crippen LogP contribution in [-0.2, 0) is 16.5 Å². The van der Waals surface area contributed by atoms with Crippen LogP contribution in [0.5, 0.6) is 0 Å². The number of nitrogens with zero attached hydrogens (tertiary/aromatic N) is 3. The number of hydrogen-bond acceptors (Lipinski definition) is 5. The van der Waals surface area contributed by atoms with Crippen LogP contribution in [0.4, 0.5) is 4.79 Å². The maximum absolute atomic E-state index is 12.1. The summed E-state index contributed by atoms with van der Waals surface area (Å²) in [5.41, 5.74) is 0.963. The molecule has 0 bridgehead atoms. The molecule has 3 rings (SSSR count). The van der Waals surface area contributed by atoms with Crippen molar-refractivity contribution in [3.8, 4) is 0 Å². The Labute approximate surface area is 134 Å². The number of rotatable bonds is 3. The molecule has 1 N–H and O–H groups in total. The molecule has 2 fully saturated rings. The fourth-order valence-electron chi connectivity index (χ4n) is 3.07. The zero-order chi connectivity index (χ0) is 16.4. The Morgan fingerprint density at radius 1 is 1.35 bits per heavy atom. The van der Waals surface area contributed by atoms with E-state index in [9.17, 15) is 9.59 Å². The van der Waals surface area contributed by atoms with E-state index in [1.165, 1.54) is 4.68 Å². The summed E-state index contributed by atoms with van der Waals surface area (Å²) >= 11 is 0. The van der Waals surface area contributed by atoms with E-state index in [0.29, 0.717) is 26.3 Å². The minimum Gasteiger partial charge on any atom is -0.477 e. The van der Waals surface area contributed by atoms with Crippen molar-refractivity contribution < 1.29 is 24.2 Å². The van der Waals surface area contributed by atoms with Gasteiger partial charge in [0.05, 0.1) is 18.9 Å². The van der Waals surface area contributed by atoms with Gasteiger partial charge in [0.1, 0.15) is 11.8 Å². The first-order valence-electron chi connectivity index (χ1n) is 7.85. The number of carboxylic acids is 1. The number of hydrogen-bond donors (Lipinski definition) is 1. The van der Waals surface area contributed by atoms with Gasteiger partial charge in [-0.15, -0.1) is 0 Å². The molecule has 1 amide bonds. The van der Waals surface area contributed by atoms with E-state index in [4.69, 9.17) is 14.6 Å². The lowest BCUT2D eigenvalue weighted by Crippen LogP contribution is -2.40. The number of likely N-dealkylation sites (tertiary alicyclic amines) is 1. The molecule has 8 heteroatoms. The third-order valence-electron chi connectivity index (χ3n) is 4.44. The molecule has 126 valence electrons. The number of carbonyl (C=O) groups excluding carboxylic acids is 1. The average molecular weight is 323 g/mol. The molecule has 1 aromatic heterocycles. The van der Waals surface area contributed by atoms with Gasteiger partial charge >= 0.3 is 12.1 Å². The third-order valence-corrected chi connectivity index (χ3v) is 4.44. The van der Waals surface area contributed by atoms with Gasteiger partial charge in [-0.3, -0.25) is 4.68 Å². The normalized spacial score (nSPS) is 22.3. The largest absolute Gasteiger partial charge is 0.477 e. The lowest BCUT2D eigenvalue weighted by atomic mass is 9.93. The molecular formula is C15H21N3O5. The van der Waals surface area contributed by atoms with Crippen LogP contribution in [0.2, 0.25) is 0 Å². The van der Waals surface area contributed by atoms with Crippen LogP contribution in [-0.4, -0.2) is 64.3 Å². The Balaban J connectivity index is 1.54. The molecule has 3 heterocycles. The molecule has 0 spiro atoms. The molecule has 0 saturated carbocycles. The molecule has 8 nitrogen and oxygen atoms in total. The lowest BCUT2D eigenvalue weighted by Gasteiger charge is -2.31. The number of piperidine rings is 1. The second kappa shape index (κ2) is 6.57. The highest BCUT2D eigenvalue weighted by atomic mass is 16.6. The topological polar surface area (TPSA) is 93.9 Å². The summed E-state index contributed by atoms with van der Waals surface area (Å²) in [5.74, 6) is -0.806. The van der Waals surface area contributed by atoms with Crippen molar-refractivity contribution in [1.29, 1.82) is 0 Å². The minimum absolute atomic E-state index is 0.130. The van der Waals surface area contributed by atoms with Gasteiger partial charge in [0.25, 0.3) is 0 Å². The van der Waals surface area contributed by atoms with E-state index in [0.717, 1.165) is 25.0 Å². The van der Waals surface area contributed by atoms with Crippen molar-refractivity contribution in [2.75, 3.05) is 26.3 Å². The van der Waals surface area contributed by atoms with E-state index >= 15 is 0 Å². The van der Waals surface area contributed by atoms with Crippen LogP contribution in [0.15, 0.2) is 6.07 Å². The van der Waals surface area contributed by atoms with Gasteiger partial charge in [-0.25, -0.2) is 9.59 Å². The van der Waals surface area contributed by atoms with Gasteiger partial charge in [-0.05, 0) is 18.9 Å². The molecule has 0 radical (unpaired) electrons. The van der Waals surface area contributed by atoms with E-state index < -0.39 is 5.97 Å². The highest BCUT2D eigenvalue weighted by Crippen LogP contribution is 2.28. The average Bonchev–Trinajstić information content (AvgIpc) is 3.17. The minimum atomic E-state index is -0.981. The molecule has 23 heavy (non-hydrogen) atoms. The summed E-state index contributed by atoms with van der Waals surface area (Å²) in [6.45, 7) is 2.31. The second-order valence-electron chi connectivity index (χ2n) is 6.01. The number of carbonyl (C=O) groups is 2. The standard InChI is InChI=1S/C15H21N3O5/c1-17-13(14(19)20)8-12(16-17)10-2-5-18(6-3-10)15(21)23-11-4-7-22-9-11/h8,10-11H,2-7,9H2,1H3,(H,19,20). The van der Waals surface area contributed by atoms with E-state index in [-0.39, 0.29) is 23.8 Å². The zero-order valence-corrected chi connectivity index (χ0v) is 13.1.